The van der Waals surface area contributed by atoms with E-state index in [4.69, 9.17) is 0 Å². The third-order valence-corrected chi connectivity index (χ3v) is 6.31. The van der Waals surface area contributed by atoms with Crippen molar-refractivity contribution < 1.29 is 23.6 Å². The van der Waals surface area contributed by atoms with Gasteiger partial charge in [0, 0.05) is 11.7 Å². The molecule has 148 valence electrons. The molecule has 2 bridgehead atoms. The van der Waals surface area contributed by atoms with Gasteiger partial charge in [-0.3, -0.25) is 19.3 Å². The molecule has 1 aliphatic heterocycles. The molecule has 8 heteroatoms. The van der Waals surface area contributed by atoms with Gasteiger partial charge in [0.15, 0.2) is 0 Å². The van der Waals surface area contributed by atoms with E-state index in [2.05, 4.69) is 5.32 Å². The lowest BCUT2D eigenvalue weighted by atomic mass is 9.83. The van der Waals surface area contributed by atoms with Gasteiger partial charge < -0.3 is 5.32 Å². The maximum absolute atomic E-state index is 13.2. The molecule has 4 atom stereocenters. The van der Waals surface area contributed by atoms with Gasteiger partial charge in [-0.1, -0.05) is 12.5 Å². The Balaban J connectivity index is 1.44. The summed E-state index contributed by atoms with van der Waals surface area (Å²) in [6, 6.07) is 4.16. The van der Waals surface area contributed by atoms with Crippen molar-refractivity contribution in [3.63, 3.8) is 0 Å². The van der Waals surface area contributed by atoms with Crippen molar-refractivity contribution in [2.45, 2.75) is 38.6 Å². The number of imide groups is 2. The van der Waals surface area contributed by atoms with Crippen molar-refractivity contribution >= 4 is 29.4 Å². The first-order chi connectivity index (χ1) is 13.3. The molecule has 5 amide bonds. The molecule has 1 heterocycles. The highest BCUT2D eigenvalue weighted by atomic mass is 19.1. The van der Waals surface area contributed by atoms with Crippen LogP contribution in [-0.2, 0) is 14.4 Å². The third kappa shape index (κ3) is 3.16. The van der Waals surface area contributed by atoms with Crippen LogP contribution < -0.4 is 5.32 Å². The normalized spacial score (nSPS) is 27.6. The Labute approximate surface area is 161 Å². The average molecular weight is 387 g/mol. The number of nitrogens with zero attached hydrogens (tertiary/aromatic N) is 2. The number of urea groups is 1. The fourth-order valence-electron chi connectivity index (χ4n) is 5.01. The highest BCUT2D eigenvalue weighted by molar-refractivity contribution is 6.45. The third-order valence-electron chi connectivity index (χ3n) is 6.31. The van der Waals surface area contributed by atoms with Crippen LogP contribution in [0.5, 0.6) is 0 Å². The number of benzene rings is 1. The van der Waals surface area contributed by atoms with Crippen LogP contribution in [0.25, 0.3) is 0 Å². The van der Waals surface area contributed by atoms with Crippen molar-refractivity contribution in [2.75, 3.05) is 11.9 Å². The molecule has 0 radical (unpaired) electrons. The van der Waals surface area contributed by atoms with Gasteiger partial charge in [-0.25, -0.2) is 14.1 Å². The standard InChI is InChI=1S/C20H22FN3O4/c1-11(16-8-12-5-6-13(16)7-12)24-19(27)18(26)23(20(24)28)10-17(25)22-15-4-2-3-14(21)9-15/h2-4,9,11-13,16H,5-8,10H2,1H3,(H,22,25)/t11-,12-,13-,16+/m0/s1. The van der Waals surface area contributed by atoms with E-state index in [1.165, 1.54) is 24.6 Å². The summed E-state index contributed by atoms with van der Waals surface area (Å²) in [4.78, 5) is 51.4. The van der Waals surface area contributed by atoms with Crippen LogP contribution in [0.4, 0.5) is 14.9 Å². The SMILES string of the molecule is C[C@@H]([C@H]1C[C@H]2CC[C@H]1C2)N1C(=O)C(=O)N(CC(=O)Nc2cccc(F)c2)C1=O. The van der Waals surface area contributed by atoms with Crippen molar-refractivity contribution in [3.05, 3.63) is 30.1 Å². The molecule has 3 aliphatic rings. The molecular formula is C20H22FN3O4. The van der Waals surface area contributed by atoms with Gasteiger partial charge >= 0.3 is 17.8 Å². The summed E-state index contributed by atoms with van der Waals surface area (Å²) in [7, 11) is 0. The molecule has 1 saturated heterocycles. The molecule has 28 heavy (non-hydrogen) atoms. The van der Waals surface area contributed by atoms with Crippen LogP contribution in [0.2, 0.25) is 0 Å². The first-order valence-corrected chi connectivity index (χ1v) is 9.59. The van der Waals surface area contributed by atoms with Crippen LogP contribution in [0, 0.1) is 23.6 Å². The monoisotopic (exact) mass is 387 g/mol. The van der Waals surface area contributed by atoms with E-state index in [1.807, 2.05) is 6.92 Å². The van der Waals surface area contributed by atoms with E-state index in [0.29, 0.717) is 16.7 Å². The largest absolute Gasteiger partial charge is 0.334 e. The zero-order valence-corrected chi connectivity index (χ0v) is 15.6. The number of carbonyl (C=O) groups excluding carboxylic acids is 4. The second-order valence-corrected chi connectivity index (χ2v) is 7.99. The highest BCUT2D eigenvalue weighted by Crippen LogP contribution is 2.50. The van der Waals surface area contributed by atoms with Crippen molar-refractivity contribution in [1.82, 2.24) is 9.80 Å². The Kier molecular flexibility index (Phi) is 4.64. The zero-order valence-electron chi connectivity index (χ0n) is 15.6. The Hall–Kier alpha value is -2.77. The minimum absolute atomic E-state index is 0.209. The predicted molar refractivity (Wildman–Crippen MR) is 97.4 cm³/mol. The first-order valence-electron chi connectivity index (χ1n) is 9.59. The molecule has 1 aromatic carbocycles. The Morgan fingerprint density at radius 2 is 2.00 bits per heavy atom. The van der Waals surface area contributed by atoms with Crippen molar-refractivity contribution in [2.24, 2.45) is 17.8 Å². The summed E-state index contributed by atoms with van der Waals surface area (Å²) >= 11 is 0. The Morgan fingerprint density at radius 1 is 1.21 bits per heavy atom. The first kappa shape index (κ1) is 18.6. The number of carbonyl (C=O) groups is 4. The predicted octanol–water partition coefficient (Wildman–Crippen LogP) is 2.38. The number of rotatable bonds is 5. The average Bonchev–Trinajstić information content (AvgIpc) is 3.33. The molecule has 1 aromatic rings. The fraction of sp³-hybridized carbons (Fsp3) is 0.500. The molecule has 0 spiro atoms. The second kappa shape index (κ2) is 7.00. The van der Waals surface area contributed by atoms with Crippen LogP contribution in [-0.4, -0.2) is 46.1 Å². The topological polar surface area (TPSA) is 86.8 Å². The Bertz CT molecular complexity index is 858. The molecule has 2 saturated carbocycles. The smallest absolute Gasteiger partial charge is 0.324 e. The number of nitrogens with one attached hydrogen (secondary N) is 1. The van der Waals surface area contributed by atoms with E-state index in [1.54, 1.807) is 0 Å². The number of amides is 5. The second-order valence-electron chi connectivity index (χ2n) is 7.99. The summed E-state index contributed by atoms with van der Waals surface area (Å²) in [6.07, 6.45) is 4.39. The Morgan fingerprint density at radius 3 is 2.64 bits per heavy atom. The number of hydrogen-bond donors (Lipinski definition) is 1. The minimum atomic E-state index is -0.991. The van der Waals surface area contributed by atoms with Gasteiger partial charge in [0.25, 0.3) is 0 Å². The maximum Gasteiger partial charge on any atom is 0.334 e. The minimum Gasteiger partial charge on any atom is -0.324 e. The van der Waals surface area contributed by atoms with E-state index in [9.17, 15) is 23.6 Å². The molecule has 1 N–H and O–H groups in total. The number of halogens is 1. The van der Waals surface area contributed by atoms with Gasteiger partial charge in [-0.05, 0) is 62.1 Å². The lowest BCUT2D eigenvalue weighted by Gasteiger charge is -2.32. The van der Waals surface area contributed by atoms with E-state index in [-0.39, 0.29) is 17.6 Å². The molecule has 0 unspecified atom stereocenters. The summed E-state index contributed by atoms with van der Waals surface area (Å²) in [6.45, 7) is 1.23. The zero-order chi connectivity index (χ0) is 20.0. The summed E-state index contributed by atoms with van der Waals surface area (Å²) < 4.78 is 13.2. The van der Waals surface area contributed by atoms with Gasteiger partial charge in [0.2, 0.25) is 5.91 Å². The van der Waals surface area contributed by atoms with Crippen LogP contribution in [0.15, 0.2) is 24.3 Å². The van der Waals surface area contributed by atoms with E-state index >= 15 is 0 Å². The highest BCUT2D eigenvalue weighted by Gasteiger charge is 2.52. The molecular weight excluding hydrogens is 365 g/mol. The van der Waals surface area contributed by atoms with Gasteiger partial charge in [-0.15, -0.1) is 0 Å². The van der Waals surface area contributed by atoms with Crippen LogP contribution in [0.1, 0.15) is 32.6 Å². The fourth-order valence-corrected chi connectivity index (χ4v) is 5.01. The van der Waals surface area contributed by atoms with Gasteiger partial charge in [0.1, 0.15) is 12.4 Å². The van der Waals surface area contributed by atoms with E-state index < -0.39 is 36.1 Å². The lowest BCUT2D eigenvalue weighted by molar-refractivity contribution is -0.144. The van der Waals surface area contributed by atoms with E-state index in [0.717, 1.165) is 30.2 Å². The summed E-state index contributed by atoms with van der Waals surface area (Å²) in [5, 5.41) is 2.43. The van der Waals surface area contributed by atoms with Gasteiger partial charge in [0.05, 0.1) is 0 Å². The molecule has 0 aromatic heterocycles. The summed E-state index contributed by atoms with van der Waals surface area (Å²) in [5.41, 5.74) is 0.211. The molecule has 3 fully saturated rings. The maximum atomic E-state index is 13.2. The number of hydrogen-bond acceptors (Lipinski definition) is 4. The quantitative estimate of drug-likeness (QED) is 0.621. The number of anilines is 1. The molecule has 7 nitrogen and oxygen atoms in total. The summed E-state index contributed by atoms with van der Waals surface area (Å²) in [5.74, 6) is -1.72. The van der Waals surface area contributed by atoms with Crippen LogP contribution in [0.3, 0.4) is 0 Å². The number of fused-ring (bicyclic) bond motifs is 2. The van der Waals surface area contributed by atoms with Crippen molar-refractivity contribution in [3.8, 4) is 0 Å². The lowest BCUT2D eigenvalue weighted by Crippen LogP contribution is -2.45. The van der Waals surface area contributed by atoms with Crippen molar-refractivity contribution in [1.29, 1.82) is 0 Å². The van der Waals surface area contributed by atoms with Crippen LogP contribution >= 0.6 is 0 Å². The molecule has 2 aliphatic carbocycles. The van der Waals surface area contributed by atoms with Gasteiger partial charge in [-0.2, -0.15) is 0 Å². The molecule has 4 rings (SSSR count).